The first kappa shape index (κ1) is 30.7. The van der Waals surface area contributed by atoms with Crippen molar-refractivity contribution in [3.8, 4) is 0 Å². The minimum atomic E-state index is -0.825. The molecule has 2 fully saturated rings. The van der Waals surface area contributed by atoms with Crippen molar-refractivity contribution in [3.05, 3.63) is 58.6 Å². The second kappa shape index (κ2) is 13.2. The molecule has 1 spiro atoms. The topological polar surface area (TPSA) is 117 Å². The number of fused-ring (bicyclic) bond motifs is 1. The number of aromatic nitrogens is 5. The van der Waals surface area contributed by atoms with E-state index in [-0.39, 0.29) is 39.7 Å². The molecule has 0 bridgehead atoms. The zero-order valence-electron chi connectivity index (χ0n) is 24.3. The van der Waals surface area contributed by atoms with E-state index in [1.807, 2.05) is 6.20 Å². The van der Waals surface area contributed by atoms with Crippen molar-refractivity contribution in [2.24, 2.45) is 11.3 Å². The maximum Gasteiger partial charge on any atom is 0.232 e. The Morgan fingerprint density at radius 1 is 1.19 bits per heavy atom. The molecule has 3 aliphatic heterocycles. The summed E-state index contributed by atoms with van der Waals surface area (Å²) in [6.07, 6.45) is 9.30. The van der Waals surface area contributed by atoms with Crippen molar-refractivity contribution in [3.63, 3.8) is 0 Å². The molecule has 0 amide bonds. The van der Waals surface area contributed by atoms with E-state index >= 15 is 0 Å². The van der Waals surface area contributed by atoms with Gasteiger partial charge in [-0.25, -0.2) is 15.0 Å². The monoisotopic (exact) mass is 615 g/mol. The highest BCUT2D eigenvalue weighted by molar-refractivity contribution is 7.78. The van der Waals surface area contributed by atoms with E-state index in [1.54, 1.807) is 6.20 Å². The maximum absolute atomic E-state index is 14.0. The molecule has 0 aliphatic carbocycles. The number of anilines is 2. The van der Waals surface area contributed by atoms with Gasteiger partial charge in [0, 0.05) is 49.6 Å². The number of halogens is 2. The lowest BCUT2D eigenvalue weighted by atomic mass is 9.73. The Kier molecular flexibility index (Phi) is 9.66. The molecule has 13 heteroatoms. The van der Waals surface area contributed by atoms with Gasteiger partial charge in [-0.15, -0.1) is 0 Å². The average molecular weight is 616 g/mol. The van der Waals surface area contributed by atoms with Crippen molar-refractivity contribution in [2.45, 2.75) is 71.7 Å². The Morgan fingerprint density at radius 3 is 2.64 bits per heavy atom. The van der Waals surface area contributed by atoms with Crippen molar-refractivity contribution < 1.29 is 9.13 Å². The Labute approximate surface area is 256 Å². The lowest BCUT2D eigenvalue weighted by Gasteiger charge is -2.42. The van der Waals surface area contributed by atoms with Gasteiger partial charge >= 0.3 is 0 Å². The van der Waals surface area contributed by atoms with E-state index in [4.69, 9.17) is 26.7 Å². The van der Waals surface area contributed by atoms with Crippen LogP contribution in [0.4, 0.5) is 16.0 Å². The largest absolute Gasteiger partial charge is 0.359 e. The number of pyridine rings is 1. The van der Waals surface area contributed by atoms with Gasteiger partial charge in [0.05, 0.1) is 23.6 Å². The fourth-order valence-corrected chi connectivity index (χ4v) is 6.43. The van der Waals surface area contributed by atoms with Gasteiger partial charge in [0.25, 0.3) is 0 Å². The lowest BCUT2D eigenvalue weighted by molar-refractivity contribution is 0.0341. The first-order chi connectivity index (χ1) is 20.2. The summed E-state index contributed by atoms with van der Waals surface area (Å²) in [5.41, 5.74) is 1.66. The molecule has 0 radical (unpaired) electrons. The van der Waals surface area contributed by atoms with E-state index in [2.05, 4.69) is 74.3 Å². The standard InChI is InChI=1S/C25H29ClFN9OS.C4H10/c26-19-15(4-8-29-23(19)27)20(28)21-24(33-18-3-1-2-12-37-18)32-17(13-30-21)35-10-6-25(7-11-35)14-36-16(5-9-31-36)22(25)34-38;1-4(2)3/h4-5,8-9,13,18,22,28,34,38H,1-3,6-7,10-12,14H2,(H,32,33);4H,1-3H3. The molecule has 3 N–H and O–H groups in total. The Bertz CT molecular complexity index is 1390. The van der Waals surface area contributed by atoms with Crippen LogP contribution in [0.5, 0.6) is 0 Å². The molecule has 6 rings (SSSR count). The van der Waals surface area contributed by atoms with Gasteiger partial charge in [-0.1, -0.05) is 45.2 Å². The van der Waals surface area contributed by atoms with Gasteiger partial charge in [-0.3, -0.25) is 14.8 Å². The van der Waals surface area contributed by atoms with Crippen LogP contribution in [0, 0.1) is 22.7 Å². The van der Waals surface area contributed by atoms with Crippen molar-refractivity contribution in [1.29, 1.82) is 5.41 Å². The van der Waals surface area contributed by atoms with Gasteiger partial charge in [0.2, 0.25) is 5.95 Å². The molecule has 2 atom stereocenters. The summed E-state index contributed by atoms with van der Waals surface area (Å²) < 4.78 is 25.2. The molecule has 3 aromatic heterocycles. The van der Waals surface area contributed by atoms with Crippen molar-refractivity contribution in [2.75, 3.05) is 29.9 Å². The van der Waals surface area contributed by atoms with Crippen LogP contribution in [-0.4, -0.2) is 56.4 Å². The van der Waals surface area contributed by atoms with Crippen LogP contribution >= 0.6 is 24.4 Å². The molecule has 10 nitrogen and oxygen atoms in total. The maximum atomic E-state index is 14.0. The van der Waals surface area contributed by atoms with Gasteiger partial charge in [0.1, 0.15) is 22.8 Å². The highest BCUT2D eigenvalue weighted by Gasteiger charge is 2.48. The van der Waals surface area contributed by atoms with Gasteiger partial charge in [-0.2, -0.15) is 9.49 Å². The average Bonchev–Trinajstić information content (AvgIpc) is 3.53. The van der Waals surface area contributed by atoms with Crippen LogP contribution in [0.1, 0.15) is 75.9 Å². The van der Waals surface area contributed by atoms with Gasteiger partial charge in [-0.05, 0) is 50.2 Å². The molecule has 0 saturated carbocycles. The first-order valence-corrected chi connectivity index (χ1v) is 15.4. The number of hydrogen-bond acceptors (Lipinski definition) is 10. The molecule has 3 aliphatic rings. The molecule has 3 aromatic rings. The van der Waals surface area contributed by atoms with E-state index in [1.165, 1.54) is 18.0 Å². The Morgan fingerprint density at radius 2 is 1.95 bits per heavy atom. The highest BCUT2D eigenvalue weighted by Crippen LogP contribution is 2.49. The number of rotatable bonds is 6. The second-order valence-corrected chi connectivity index (χ2v) is 12.5. The third-order valence-electron chi connectivity index (χ3n) is 7.92. The summed E-state index contributed by atoms with van der Waals surface area (Å²) in [4.78, 5) is 15.3. The van der Waals surface area contributed by atoms with Crippen molar-refractivity contribution >= 4 is 41.8 Å². The van der Waals surface area contributed by atoms with Gasteiger partial charge in [0.15, 0.2) is 5.82 Å². The molecule has 2 unspecified atom stereocenters. The van der Waals surface area contributed by atoms with Crippen LogP contribution in [0.25, 0.3) is 0 Å². The smallest absolute Gasteiger partial charge is 0.232 e. The minimum Gasteiger partial charge on any atom is -0.359 e. The number of ether oxygens (including phenoxy) is 1. The number of nitrogens with zero attached hydrogens (tertiary/aromatic N) is 6. The van der Waals surface area contributed by atoms with E-state index < -0.39 is 5.95 Å². The molecule has 42 heavy (non-hydrogen) atoms. The quantitative estimate of drug-likeness (QED) is 0.160. The molecule has 2 saturated heterocycles. The Balaban J connectivity index is 0.000000830. The number of hydrogen-bond donors (Lipinski definition) is 4. The van der Waals surface area contributed by atoms with Crippen LogP contribution in [0.3, 0.4) is 0 Å². The molecule has 0 aromatic carbocycles. The zero-order valence-corrected chi connectivity index (χ0v) is 25.9. The predicted octanol–water partition coefficient (Wildman–Crippen LogP) is 5.65. The summed E-state index contributed by atoms with van der Waals surface area (Å²) >= 11 is 10.6. The third kappa shape index (κ3) is 6.41. The molecular weight excluding hydrogens is 577 g/mol. The normalized spacial score (nSPS) is 21.2. The third-order valence-corrected chi connectivity index (χ3v) is 8.54. The van der Waals surface area contributed by atoms with Crippen LogP contribution < -0.4 is 14.9 Å². The Hall–Kier alpha value is -2.80. The van der Waals surface area contributed by atoms with E-state index in [0.717, 1.165) is 57.7 Å². The molecular formula is C29H39ClFN9OS. The van der Waals surface area contributed by atoms with Crippen LogP contribution in [-0.2, 0) is 11.3 Å². The van der Waals surface area contributed by atoms with Crippen LogP contribution in [0.15, 0.2) is 30.7 Å². The molecule has 6 heterocycles. The molecule has 226 valence electrons. The van der Waals surface area contributed by atoms with Gasteiger partial charge < -0.3 is 15.0 Å². The van der Waals surface area contributed by atoms with Crippen LogP contribution in [0.2, 0.25) is 5.02 Å². The fourth-order valence-electron chi connectivity index (χ4n) is 5.82. The SMILES string of the molecule is CC(C)C.N=C(c1ccnc(F)c1Cl)c1ncc(N2CCC3(CC2)Cn2nccc2C3NS)nc1NC1CCCCO1. The van der Waals surface area contributed by atoms with E-state index in [9.17, 15) is 4.39 Å². The van der Waals surface area contributed by atoms with E-state index in [0.29, 0.717) is 18.2 Å². The summed E-state index contributed by atoms with van der Waals surface area (Å²) in [5.74, 6) is 1.14. The summed E-state index contributed by atoms with van der Waals surface area (Å²) in [7, 11) is 0. The lowest BCUT2D eigenvalue weighted by Crippen LogP contribution is -2.45. The first-order valence-electron chi connectivity index (χ1n) is 14.5. The number of thiol groups is 1. The zero-order chi connectivity index (χ0) is 29.9. The number of piperidine rings is 1. The summed E-state index contributed by atoms with van der Waals surface area (Å²) in [6, 6.07) is 3.70. The second-order valence-electron chi connectivity index (χ2n) is 11.8. The highest BCUT2D eigenvalue weighted by atomic mass is 35.5. The predicted molar refractivity (Wildman–Crippen MR) is 166 cm³/mol. The summed E-state index contributed by atoms with van der Waals surface area (Å²) in [6.45, 7) is 9.61. The fraction of sp³-hybridized carbons (Fsp3) is 0.552. The minimum absolute atomic E-state index is 0.0330. The van der Waals surface area contributed by atoms with Crippen molar-refractivity contribution in [1.82, 2.24) is 29.5 Å². The summed E-state index contributed by atoms with van der Waals surface area (Å²) in [5, 5.41) is 16.4. The number of nitrogens with one attached hydrogen (secondary N) is 3.